The van der Waals surface area contributed by atoms with E-state index in [2.05, 4.69) is 41.4 Å². The Balaban J connectivity index is 1.42. The number of hydrogen-bond donors (Lipinski definition) is 0. The highest BCUT2D eigenvalue weighted by Gasteiger charge is 2.27. The van der Waals surface area contributed by atoms with E-state index in [1.807, 2.05) is 62.9 Å². The van der Waals surface area contributed by atoms with E-state index in [4.69, 9.17) is 14.5 Å². The summed E-state index contributed by atoms with van der Waals surface area (Å²) in [5, 5.41) is 14.6. The van der Waals surface area contributed by atoms with Crippen molar-refractivity contribution in [2.75, 3.05) is 25.0 Å². The summed E-state index contributed by atoms with van der Waals surface area (Å²) in [4.78, 5) is 16.4. The molecule has 0 saturated carbocycles. The highest BCUT2D eigenvalue weighted by atomic mass is 16.6. The maximum atomic E-state index is 12.4. The van der Waals surface area contributed by atoms with Gasteiger partial charge in [0.15, 0.2) is 5.58 Å². The maximum absolute atomic E-state index is 12.4. The number of piperidine rings is 1. The number of fused-ring (bicyclic) bond motifs is 1. The molecule has 0 atom stereocenters. The predicted octanol–water partition coefficient (Wildman–Crippen LogP) is 6.95. The van der Waals surface area contributed by atoms with Crippen molar-refractivity contribution in [3.05, 3.63) is 64.9 Å². The summed E-state index contributed by atoms with van der Waals surface area (Å²) in [6.45, 7) is 9.89. The van der Waals surface area contributed by atoms with Crippen LogP contribution in [0.25, 0.3) is 17.0 Å². The van der Waals surface area contributed by atoms with Gasteiger partial charge in [0.1, 0.15) is 5.60 Å². The number of anilines is 1. The van der Waals surface area contributed by atoms with Crippen LogP contribution in [0.5, 0.6) is 0 Å². The van der Waals surface area contributed by atoms with E-state index in [1.54, 1.807) is 0 Å². The minimum Gasteiger partial charge on any atom is -0.444 e. The molecule has 38 heavy (non-hydrogen) atoms. The second-order valence-corrected chi connectivity index (χ2v) is 11.1. The molecule has 0 N–H and O–H groups in total. The zero-order valence-electron chi connectivity index (χ0n) is 23.2. The Bertz CT molecular complexity index is 1320. The average Bonchev–Trinajstić information content (AvgIpc) is 3.31. The molecule has 3 aromatic rings. The molecular formula is C31H38N4O3. The van der Waals surface area contributed by atoms with E-state index < -0.39 is 5.60 Å². The molecule has 1 fully saturated rings. The molecule has 0 radical (unpaired) electrons. The Kier molecular flexibility index (Phi) is 8.41. The van der Waals surface area contributed by atoms with Crippen molar-refractivity contribution in [1.82, 2.24) is 10.1 Å². The van der Waals surface area contributed by atoms with Crippen molar-refractivity contribution < 1.29 is 14.1 Å². The number of carbonyl (C=O) groups excluding carboxylic acids is 1. The zero-order valence-corrected chi connectivity index (χ0v) is 23.2. The van der Waals surface area contributed by atoms with Crippen molar-refractivity contribution in [2.24, 2.45) is 5.92 Å². The molecule has 1 aliphatic heterocycles. The van der Waals surface area contributed by atoms with Crippen LogP contribution in [0.4, 0.5) is 10.5 Å². The van der Waals surface area contributed by atoms with Gasteiger partial charge in [0.25, 0.3) is 0 Å². The number of benzene rings is 2. The van der Waals surface area contributed by atoms with Gasteiger partial charge < -0.3 is 19.1 Å². The van der Waals surface area contributed by atoms with Crippen LogP contribution in [-0.2, 0) is 17.7 Å². The van der Waals surface area contributed by atoms with Gasteiger partial charge in [0.05, 0.1) is 17.3 Å². The molecule has 0 aliphatic carbocycles. The van der Waals surface area contributed by atoms with Gasteiger partial charge in [-0.2, -0.15) is 5.26 Å². The number of carbonyl (C=O) groups is 1. The van der Waals surface area contributed by atoms with Crippen LogP contribution in [0.15, 0.2) is 47.0 Å². The number of aromatic nitrogens is 1. The molecule has 7 heteroatoms. The number of amides is 1. The number of aryl methyl sites for hydroxylation is 1. The molecule has 0 spiro atoms. The summed E-state index contributed by atoms with van der Waals surface area (Å²) in [6, 6.07) is 14.1. The van der Waals surface area contributed by atoms with E-state index in [9.17, 15) is 4.79 Å². The lowest BCUT2D eigenvalue weighted by molar-refractivity contribution is 0.0181. The van der Waals surface area contributed by atoms with Crippen molar-refractivity contribution >= 4 is 28.8 Å². The highest BCUT2D eigenvalue weighted by molar-refractivity contribution is 5.93. The lowest BCUT2D eigenvalue weighted by atomic mass is 9.91. The summed E-state index contributed by atoms with van der Waals surface area (Å²) in [5.41, 5.74) is 5.21. The van der Waals surface area contributed by atoms with Crippen LogP contribution in [0.3, 0.4) is 0 Å². The number of ether oxygens (including phenoxy) is 1. The van der Waals surface area contributed by atoms with E-state index in [0.29, 0.717) is 18.0 Å². The lowest BCUT2D eigenvalue weighted by Crippen LogP contribution is -2.41. The molecule has 1 aliphatic rings. The molecule has 0 bridgehead atoms. The van der Waals surface area contributed by atoms with Crippen molar-refractivity contribution in [2.45, 2.75) is 65.5 Å². The minimum absolute atomic E-state index is 0.213. The van der Waals surface area contributed by atoms with Crippen molar-refractivity contribution in [1.29, 1.82) is 5.26 Å². The first-order chi connectivity index (χ1) is 18.2. The fourth-order valence-electron chi connectivity index (χ4n) is 5.02. The molecular weight excluding hydrogens is 476 g/mol. The molecule has 4 rings (SSSR count). The van der Waals surface area contributed by atoms with E-state index >= 15 is 0 Å². The van der Waals surface area contributed by atoms with Crippen LogP contribution < -0.4 is 4.90 Å². The minimum atomic E-state index is -0.466. The third-order valence-electron chi connectivity index (χ3n) is 7.03. The molecule has 0 unspecified atom stereocenters. The van der Waals surface area contributed by atoms with Gasteiger partial charge >= 0.3 is 6.09 Å². The van der Waals surface area contributed by atoms with Gasteiger partial charge in [-0.1, -0.05) is 29.4 Å². The monoisotopic (exact) mass is 514 g/mol. The Labute approximate surface area is 225 Å². The molecule has 1 amide bonds. The van der Waals surface area contributed by atoms with Crippen LogP contribution in [0.2, 0.25) is 0 Å². The summed E-state index contributed by atoms with van der Waals surface area (Å²) in [7, 11) is 2.06. The number of allylic oxidation sites excluding steroid dienone is 1. The highest BCUT2D eigenvalue weighted by Crippen LogP contribution is 2.34. The molecule has 1 saturated heterocycles. The molecule has 200 valence electrons. The van der Waals surface area contributed by atoms with Crippen LogP contribution >= 0.6 is 0 Å². The quantitative estimate of drug-likeness (QED) is 0.339. The Morgan fingerprint density at radius 2 is 1.92 bits per heavy atom. The maximum Gasteiger partial charge on any atom is 0.410 e. The lowest BCUT2D eigenvalue weighted by Gasteiger charge is -2.33. The van der Waals surface area contributed by atoms with Crippen molar-refractivity contribution in [3.8, 4) is 6.07 Å². The van der Waals surface area contributed by atoms with E-state index in [1.165, 1.54) is 0 Å². The Morgan fingerprint density at radius 3 is 2.55 bits per heavy atom. The van der Waals surface area contributed by atoms with Crippen LogP contribution in [0, 0.1) is 17.2 Å². The van der Waals surface area contributed by atoms with Gasteiger partial charge in [-0.05, 0) is 89.1 Å². The van der Waals surface area contributed by atoms with Gasteiger partial charge in [0, 0.05) is 43.3 Å². The normalized spacial score (nSPS) is 14.7. The first kappa shape index (κ1) is 27.3. The summed E-state index contributed by atoms with van der Waals surface area (Å²) >= 11 is 0. The van der Waals surface area contributed by atoms with Crippen LogP contribution in [0.1, 0.15) is 69.3 Å². The third-order valence-corrected chi connectivity index (χ3v) is 7.03. The topological polar surface area (TPSA) is 82.6 Å². The number of rotatable bonds is 7. The number of likely N-dealkylation sites (tertiary alicyclic amines) is 1. The largest absolute Gasteiger partial charge is 0.444 e. The van der Waals surface area contributed by atoms with Gasteiger partial charge in [-0.25, -0.2) is 4.79 Å². The zero-order chi connectivity index (χ0) is 27.3. The smallest absolute Gasteiger partial charge is 0.410 e. The van der Waals surface area contributed by atoms with Crippen molar-refractivity contribution in [3.63, 3.8) is 0 Å². The Morgan fingerprint density at radius 1 is 1.21 bits per heavy atom. The standard InChI is InChI=1S/C31H38N4O3/c1-6-7-26-28(34(5)21-24-10-8-23(20-32)9-11-24)15-13-25-27(33-38-29(25)26)14-12-22-16-18-35(19-17-22)30(36)37-31(2,3)4/h6-11,13,15,22H,12,14,16-19,21H2,1-5H3/b7-6-. The number of nitriles is 1. The molecule has 2 heterocycles. The fraction of sp³-hybridized carbons (Fsp3) is 0.452. The van der Waals surface area contributed by atoms with Crippen LogP contribution in [-0.4, -0.2) is 41.9 Å². The van der Waals surface area contributed by atoms with E-state index in [-0.39, 0.29) is 6.09 Å². The first-order valence-electron chi connectivity index (χ1n) is 13.4. The second kappa shape index (κ2) is 11.7. The SMILES string of the molecule is C/C=C\c1c(N(C)Cc2ccc(C#N)cc2)ccc2c(CCC3CCN(C(=O)OC(C)(C)C)CC3)noc12. The van der Waals surface area contributed by atoms with Gasteiger partial charge in [-0.15, -0.1) is 0 Å². The van der Waals surface area contributed by atoms with Gasteiger partial charge in [0.2, 0.25) is 0 Å². The second-order valence-electron chi connectivity index (χ2n) is 11.1. The molecule has 2 aromatic carbocycles. The number of hydrogen-bond acceptors (Lipinski definition) is 6. The summed E-state index contributed by atoms with van der Waals surface area (Å²) in [6.07, 6.45) is 7.70. The summed E-state index contributed by atoms with van der Waals surface area (Å²) in [5.74, 6) is 0.549. The predicted molar refractivity (Wildman–Crippen MR) is 151 cm³/mol. The first-order valence-corrected chi connectivity index (χ1v) is 13.4. The van der Waals surface area contributed by atoms with Gasteiger partial charge in [-0.3, -0.25) is 0 Å². The Hall–Kier alpha value is -3.79. The number of nitrogens with zero attached hydrogens (tertiary/aromatic N) is 4. The molecule has 7 nitrogen and oxygen atoms in total. The third kappa shape index (κ3) is 6.55. The molecule has 1 aromatic heterocycles. The average molecular weight is 515 g/mol. The summed E-state index contributed by atoms with van der Waals surface area (Å²) < 4.78 is 11.4. The van der Waals surface area contributed by atoms with E-state index in [0.717, 1.165) is 72.3 Å². The fourth-order valence-corrected chi connectivity index (χ4v) is 5.02.